The van der Waals surface area contributed by atoms with Crippen LogP contribution in [-0.4, -0.2) is 39.1 Å². The van der Waals surface area contributed by atoms with Gasteiger partial charge < -0.3 is 5.73 Å². The Morgan fingerprint density at radius 1 is 1.20 bits per heavy atom. The van der Waals surface area contributed by atoms with E-state index in [2.05, 4.69) is 39.2 Å². The lowest BCUT2D eigenvalue weighted by atomic mass is 9.89. The number of aromatic nitrogens is 3. The Bertz CT molecular complexity index is 891. The van der Waals surface area contributed by atoms with Crippen LogP contribution in [0.15, 0.2) is 53.5 Å². The summed E-state index contributed by atoms with van der Waals surface area (Å²) < 4.78 is 1.45. The Labute approximate surface area is 152 Å². The topological polar surface area (TPSA) is 79.4 Å². The highest BCUT2D eigenvalue weighted by Crippen LogP contribution is 2.32. The van der Waals surface area contributed by atoms with Gasteiger partial charge in [0.1, 0.15) is 0 Å². The number of hydrogen-bond donors (Lipinski definition) is 2. The van der Waals surface area contributed by atoms with Crippen LogP contribution in [0.3, 0.4) is 0 Å². The Hall–Kier alpha value is -2.15. The van der Waals surface area contributed by atoms with Gasteiger partial charge in [-0.2, -0.15) is 0 Å². The predicted molar refractivity (Wildman–Crippen MR) is 100 cm³/mol. The molecule has 25 heavy (non-hydrogen) atoms. The maximum atomic E-state index is 12.1. The monoisotopic (exact) mass is 359 g/mol. The number of rotatable bonds is 4. The van der Waals surface area contributed by atoms with Gasteiger partial charge in [-0.05, 0) is 18.0 Å². The van der Waals surface area contributed by atoms with Crippen LogP contribution >= 0.6 is 12.4 Å². The summed E-state index contributed by atoms with van der Waals surface area (Å²) in [5, 5.41) is 2.86. The van der Waals surface area contributed by atoms with Crippen LogP contribution in [0.1, 0.15) is 17.2 Å². The van der Waals surface area contributed by atoms with E-state index in [4.69, 9.17) is 5.73 Å². The molecule has 4 rings (SSSR count). The second-order valence-electron chi connectivity index (χ2n) is 6.45. The third-order valence-electron chi connectivity index (χ3n) is 4.87. The molecule has 3 heterocycles. The van der Waals surface area contributed by atoms with E-state index >= 15 is 0 Å². The quantitative estimate of drug-likeness (QED) is 0.742. The van der Waals surface area contributed by atoms with E-state index in [0.29, 0.717) is 30.6 Å². The summed E-state index contributed by atoms with van der Waals surface area (Å²) in [6.07, 6.45) is 1.72. The molecule has 2 aromatic heterocycles. The molecule has 0 bridgehead atoms. The SMILES string of the molecule is Cl.NC[C@@H]1CN(Cc2cc(=O)n3[nH]ccc3n2)C[C@H]1c1ccccc1. The number of fused-ring (bicyclic) bond motifs is 1. The second kappa shape index (κ2) is 7.39. The van der Waals surface area contributed by atoms with Crippen LogP contribution in [0.2, 0.25) is 0 Å². The maximum Gasteiger partial charge on any atom is 0.272 e. The molecule has 2 atom stereocenters. The van der Waals surface area contributed by atoms with Crippen LogP contribution in [0.25, 0.3) is 5.65 Å². The number of benzene rings is 1. The molecule has 1 aromatic carbocycles. The molecule has 0 radical (unpaired) electrons. The van der Waals surface area contributed by atoms with Gasteiger partial charge in [-0.25, -0.2) is 9.50 Å². The van der Waals surface area contributed by atoms with E-state index in [1.54, 1.807) is 12.3 Å². The van der Waals surface area contributed by atoms with Crippen molar-refractivity contribution >= 4 is 18.1 Å². The lowest BCUT2D eigenvalue weighted by Crippen LogP contribution is -2.25. The fraction of sp³-hybridized carbons (Fsp3) is 0.333. The van der Waals surface area contributed by atoms with Gasteiger partial charge in [0.15, 0.2) is 5.65 Å². The molecule has 0 unspecified atom stereocenters. The predicted octanol–water partition coefficient (Wildman–Crippen LogP) is 1.62. The second-order valence-corrected chi connectivity index (χ2v) is 6.45. The van der Waals surface area contributed by atoms with Gasteiger partial charge >= 0.3 is 0 Å². The zero-order valence-electron chi connectivity index (χ0n) is 13.8. The minimum atomic E-state index is -0.0748. The average molecular weight is 360 g/mol. The van der Waals surface area contributed by atoms with Crippen molar-refractivity contribution in [3.05, 3.63) is 70.3 Å². The van der Waals surface area contributed by atoms with Gasteiger partial charge in [0, 0.05) is 43.9 Å². The number of nitrogens with one attached hydrogen (secondary N) is 1. The molecule has 0 spiro atoms. The maximum absolute atomic E-state index is 12.1. The smallest absolute Gasteiger partial charge is 0.272 e. The van der Waals surface area contributed by atoms with Crippen LogP contribution in [-0.2, 0) is 6.54 Å². The zero-order valence-corrected chi connectivity index (χ0v) is 14.7. The van der Waals surface area contributed by atoms with Crippen LogP contribution < -0.4 is 11.3 Å². The number of nitrogens with zero attached hydrogens (tertiary/aromatic N) is 3. The van der Waals surface area contributed by atoms with Gasteiger partial charge in [0.05, 0.1) is 5.69 Å². The summed E-state index contributed by atoms with van der Waals surface area (Å²) in [5.41, 5.74) is 8.73. The first kappa shape index (κ1) is 17.7. The first-order valence-corrected chi connectivity index (χ1v) is 8.28. The summed E-state index contributed by atoms with van der Waals surface area (Å²) in [4.78, 5) is 19.0. The first-order chi connectivity index (χ1) is 11.7. The van der Waals surface area contributed by atoms with Gasteiger partial charge in [-0.3, -0.25) is 14.8 Å². The van der Waals surface area contributed by atoms with Crippen molar-refractivity contribution in [2.45, 2.75) is 12.5 Å². The van der Waals surface area contributed by atoms with E-state index in [1.807, 2.05) is 12.1 Å². The zero-order chi connectivity index (χ0) is 16.5. The molecule has 0 aliphatic carbocycles. The number of hydrogen-bond acceptors (Lipinski definition) is 4. The van der Waals surface area contributed by atoms with Gasteiger partial charge in [-0.15, -0.1) is 12.4 Å². The van der Waals surface area contributed by atoms with Crippen molar-refractivity contribution in [2.24, 2.45) is 11.7 Å². The Morgan fingerprint density at radius 3 is 2.76 bits per heavy atom. The molecule has 132 valence electrons. The Kier molecular flexibility index (Phi) is 5.22. The summed E-state index contributed by atoms with van der Waals surface area (Å²) >= 11 is 0. The van der Waals surface area contributed by atoms with Crippen LogP contribution in [0, 0.1) is 5.92 Å². The van der Waals surface area contributed by atoms with Crippen molar-refractivity contribution < 1.29 is 0 Å². The highest BCUT2D eigenvalue weighted by Gasteiger charge is 2.32. The van der Waals surface area contributed by atoms with Gasteiger partial charge in [0.25, 0.3) is 5.56 Å². The highest BCUT2D eigenvalue weighted by atomic mass is 35.5. The lowest BCUT2D eigenvalue weighted by molar-refractivity contribution is 0.313. The third-order valence-corrected chi connectivity index (χ3v) is 4.87. The number of nitrogens with two attached hydrogens (primary N) is 1. The standard InChI is InChI=1S/C18H21N5O.ClH/c19-9-14-10-22(12-16(14)13-4-2-1-3-5-13)11-15-8-18(24)23-17(21-15)6-7-20-23;/h1-8,14,16,20H,9-12,19H2;1H/t14-,16+;/m1./s1. The average Bonchev–Trinajstić information content (AvgIpc) is 3.22. The van der Waals surface area contributed by atoms with Crippen molar-refractivity contribution in [1.29, 1.82) is 0 Å². The van der Waals surface area contributed by atoms with Crippen LogP contribution in [0.5, 0.6) is 0 Å². The fourth-order valence-corrected chi connectivity index (χ4v) is 3.69. The Balaban J connectivity index is 0.00000182. The molecule has 7 heteroatoms. The molecule has 1 saturated heterocycles. The summed E-state index contributed by atoms with van der Waals surface area (Å²) in [5.74, 6) is 0.873. The fourth-order valence-electron chi connectivity index (χ4n) is 3.69. The lowest BCUT2D eigenvalue weighted by Gasteiger charge is -2.16. The van der Waals surface area contributed by atoms with E-state index in [9.17, 15) is 4.79 Å². The highest BCUT2D eigenvalue weighted by molar-refractivity contribution is 5.85. The van der Waals surface area contributed by atoms with Crippen molar-refractivity contribution in [1.82, 2.24) is 19.5 Å². The number of H-pyrrole nitrogens is 1. The number of halogens is 1. The molecule has 1 aliphatic heterocycles. The van der Waals surface area contributed by atoms with Gasteiger partial charge in [-0.1, -0.05) is 30.3 Å². The summed E-state index contributed by atoms with van der Waals surface area (Å²) in [6.45, 7) is 3.23. The first-order valence-electron chi connectivity index (χ1n) is 8.28. The summed E-state index contributed by atoms with van der Waals surface area (Å²) in [7, 11) is 0. The molecule has 3 aromatic rings. The van der Waals surface area contributed by atoms with E-state index in [1.165, 1.54) is 10.1 Å². The molecule has 1 aliphatic rings. The summed E-state index contributed by atoms with van der Waals surface area (Å²) in [6, 6.07) is 14.0. The third kappa shape index (κ3) is 3.46. The number of likely N-dealkylation sites (tertiary alicyclic amines) is 1. The molecule has 0 amide bonds. The molecule has 0 saturated carbocycles. The molecule has 3 N–H and O–H groups in total. The molecular weight excluding hydrogens is 338 g/mol. The van der Waals surface area contributed by atoms with Crippen molar-refractivity contribution in [3.63, 3.8) is 0 Å². The largest absolute Gasteiger partial charge is 0.330 e. The van der Waals surface area contributed by atoms with Crippen LogP contribution in [0.4, 0.5) is 0 Å². The van der Waals surface area contributed by atoms with E-state index in [0.717, 1.165) is 18.8 Å². The molecule has 6 nitrogen and oxygen atoms in total. The van der Waals surface area contributed by atoms with Crippen molar-refractivity contribution in [3.8, 4) is 0 Å². The van der Waals surface area contributed by atoms with E-state index in [-0.39, 0.29) is 18.0 Å². The number of aromatic amines is 1. The minimum absolute atomic E-state index is 0. The molecule has 1 fully saturated rings. The van der Waals surface area contributed by atoms with Gasteiger partial charge in [0.2, 0.25) is 0 Å². The van der Waals surface area contributed by atoms with Crippen molar-refractivity contribution in [2.75, 3.05) is 19.6 Å². The minimum Gasteiger partial charge on any atom is -0.330 e. The normalized spacial score (nSPS) is 20.7. The van der Waals surface area contributed by atoms with E-state index < -0.39 is 0 Å². The Morgan fingerprint density at radius 2 is 2.00 bits per heavy atom. The molecular formula is C18H22ClN5O.